The van der Waals surface area contributed by atoms with Gasteiger partial charge in [-0.05, 0) is 32.4 Å². The van der Waals surface area contributed by atoms with Crippen LogP contribution in [0.5, 0.6) is 0 Å². The Bertz CT molecular complexity index is 288. The first-order chi connectivity index (χ1) is 6.59. The number of aliphatic hydroxyl groups is 1. The molecule has 4 heteroatoms. The highest BCUT2D eigenvalue weighted by atomic mass is 16.3. The molecule has 0 fully saturated rings. The zero-order valence-corrected chi connectivity index (χ0v) is 8.57. The number of aromatic nitrogens is 1. The van der Waals surface area contributed by atoms with E-state index in [1.54, 1.807) is 25.3 Å². The Kier molecular flexibility index (Phi) is 3.71. The van der Waals surface area contributed by atoms with Crippen LogP contribution in [0.2, 0.25) is 0 Å². The maximum absolute atomic E-state index is 9.18. The summed E-state index contributed by atoms with van der Waals surface area (Å²) in [6.07, 6.45) is 2.05. The van der Waals surface area contributed by atoms with E-state index in [0.29, 0.717) is 17.9 Å². The summed E-state index contributed by atoms with van der Waals surface area (Å²) in [5.41, 5.74) is 6.34. The van der Waals surface area contributed by atoms with Gasteiger partial charge in [0, 0.05) is 12.2 Å². The molecule has 0 saturated heterocycles. The average molecular weight is 195 g/mol. The van der Waals surface area contributed by atoms with Gasteiger partial charge in [-0.1, -0.05) is 0 Å². The molecule has 0 aliphatic carbocycles. The first-order valence-corrected chi connectivity index (χ1v) is 4.74. The number of hydrogen-bond donors (Lipinski definition) is 3. The van der Waals surface area contributed by atoms with E-state index >= 15 is 0 Å². The van der Waals surface area contributed by atoms with Crippen LogP contribution in [0.15, 0.2) is 18.3 Å². The molecule has 0 aliphatic rings. The second kappa shape index (κ2) is 4.81. The van der Waals surface area contributed by atoms with Gasteiger partial charge >= 0.3 is 0 Å². The van der Waals surface area contributed by atoms with Crippen LogP contribution in [0, 0.1) is 0 Å². The lowest BCUT2D eigenvalue weighted by molar-refractivity contribution is 0.179. The van der Waals surface area contributed by atoms with E-state index in [0.717, 1.165) is 0 Å². The van der Waals surface area contributed by atoms with E-state index in [4.69, 9.17) is 5.73 Å². The summed E-state index contributed by atoms with van der Waals surface area (Å²) in [4.78, 5) is 4.11. The minimum atomic E-state index is -0.317. The maximum Gasteiger partial charge on any atom is 0.149 e. The van der Waals surface area contributed by atoms with Gasteiger partial charge < -0.3 is 16.2 Å². The first kappa shape index (κ1) is 10.8. The van der Waals surface area contributed by atoms with Gasteiger partial charge in [0.25, 0.3) is 0 Å². The molecule has 4 nitrogen and oxygen atoms in total. The van der Waals surface area contributed by atoms with Crippen LogP contribution >= 0.6 is 0 Å². The molecule has 0 saturated carbocycles. The Balaban J connectivity index is 2.56. The molecule has 0 bridgehead atoms. The molecule has 1 heterocycles. The normalized spacial score (nSPS) is 14.8. The largest absolute Gasteiger partial charge is 0.396 e. The highest BCUT2D eigenvalue weighted by molar-refractivity contribution is 5.60. The molecule has 0 aliphatic heterocycles. The lowest BCUT2D eigenvalue weighted by Gasteiger charge is -2.16. The fourth-order valence-corrected chi connectivity index (χ4v) is 1.34. The molecule has 0 radical (unpaired) electrons. The number of nitrogens with two attached hydrogens (primary N) is 1. The van der Waals surface area contributed by atoms with Crippen molar-refractivity contribution in [1.29, 1.82) is 0 Å². The van der Waals surface area contributed by atoms with Crippen LogP contribution in [-0.4, -0.2) is 22.2 Å². The van der Waals surface area contributed by atoms with Gasteiger partial charge in [0.2, 0.25) is 0 Å². The Morgan fingerprint density at radius 1 is 1.57 bits per heavy atom. The fraction of sp³-hybridized carbons (Fsp3) is 0.500. The molecule has 2 atom stereocenters. The zero-order chi connectivity index (χ0) is 10.6. The van der Waals surface area contributed by atoms with Crippen molar-refractivity contribution in [3.8, 4) is 0 Å². The van der Waals surface area contributed by atoms with Crippen molar-refractivity contribution in [2.45, 2.75) is 32.4 Å². The number of rotatable bonds is 4. The molecule has 1 aromatic rings. The number of hydrogen-bond acceptors (Lipinski definition) is 4. The third-order valence-corrected chi connectivity index (χ3v) is 1.92. The van der Waals surface area contributed by atoms with Gasteiger partial charge in [-0.15, -0.1) is 0 Å². The van der Waals surface area contributed by atoms with Crippen LogP contribution < -0.4 is 11.1 Å². The summed E-state index contributed by atoms with van der Waals surface area (Å²) in [6, 6.07) is 3.75. The molecule has 14 heavy (non-hydrogen) atoms. The average Bonchev–Trinajstić information content (AvgIpc) is 2.07. The lowest BCUT2D eigenvalue weighted by atomic mass is 10.1. The number of anilines is 2. The number of nitrogens with zero attached hydrogens (tertiary/aromatic N) is 1. The molecule has 1 aromatic heterocycles. The van der Waals surface area contributed by atoms with Crippen LogP contribution in [-0.2, 0) is 0 Å². The number of nitrogens with one attached hydrogen (secondary N) is 1. The van der Waals surface area contributed by atoms with E-state index < -0.39 is 0 Å². The first-order valence-electron chi connectivity index (χ1n) is 4.74. The summed E-state index contributed by atoms with van der Waals surface area (Å²) in [7, 11) is 0. The SMILES string of the molecule is CC(O)CC(C)Nc1ncccc1N. The Morgan fingerprint density at radius 2 is 2.29 bits per heavy atom. The second-order valence-corrected chi connectivity index (χ2v) is 3.57. The number of pyridine rings is 1. The number of aliphatic hydroxyl groups excluding tert-OH is 1. The van der Waals surface area contributed by atoms with Crippen LogP contribution in [0.3, 0.4) is 0 Å². The topological polar surface area (TPSA) is 71.2 Å². The maximum atomic E-state index is 9.18. The van der Waals surface area contributed by atoms with Gasteiger partial charge in [0.05, 0.1) is 11.8 Å². The molecule has 0 spiro atoms. The van der Waals surface area contributed by atoms with Gasteiger partial charge in [-0.25, -0.2) is 4.98 Å². The van der Waals surface area contributed by atoms with Crippen molar-refractivity contribution < 1.29 is 5.11 Å². The van der Waals surface area contributed by atoms with E-state index in [1.165, 1.54) is 0 Å². The molecule has 4 N–H and O–H groups in total. The zero-order valence-electron chi connectivity index (χ0n) is 8.57. The molecular weight excluding hydrogens is 178 g/mol. The predicted octanol–water partition coefficient (Wildman–Crippen LogP) is 1.24. The number of nitrogen functional groups attached to an aromatic ring is 1. The van der Waals surface area contributed by atoms with E-state index in [-0.39, 0.29) is 12.1 Å². The fourth-order valence-electron chi connectivity index (χ4n) is 1.34. The minimum Gasteiger partial charge on any atom is -0.396 e. The quantitative estimate of drug-likeness (QED) is 0.676. The molecule has 1 rings (SSSR count). The molecule has 0 amide bonds. The van der Waals surface area contributed by atoms with Gasteiger partial charge in [0.1, 0.15) is 5.82 Å². The Morgan fingerprint density at radius 3 is 2.86 bits per heavy atom. The summed E-state index contributed by atoms with van der Waals surface area (Å²) < 4.78 is 0. The van der Waals surface area contributed by atoms with Crippen molar-refractivity contribution in [2.75, 3.05) is 11.1 Å². The summed E-state index contributed by atoms with van der Waals surface area (Å²) in [6.45, 7) is 3.75. The Hall–Kier alpha value is -1.29. The van der Waals surface area contributed by atoms with Crippen LogP contribution in [0.4, 0.5) is 11.5 Å². The van der Waals surface area contributed by atoms with Gasteiger partial charge in [-0.3, -0.25) is 0 Å². The molecular formula is C10H17N3O. The molecule has 2 unspecified atom stereocenters. The van der Waals surface area contributed by atoms with Crippen molar-refractivity contribution in [1.82, 2.24) is 4.98 Å². The highest BCUT2D eigenvalue weighted by Gasteiger charge is 2.07. The van der Waals surface area contributed by atoms with Crippen LogP contribution in [0.1, 0.15) is 20.3 Å². The van der Waals surface area contributed by atoms with E-state index in [1.807, 2.05) is 6.92 Å². The third-order valence-electron chi connectivity index (χ3n) is 1.92. The minimum absolute atomic E-state index is 0.159. The molecule has 78 valence electrons. The predicted molar refractivity (Wildman–Crippen MR) is 58.0 cm³/mol. The third kappa shape index (κ3) is 3.22. The van der Waals surface area contributed by atoms with E-state index in [9.17, 15) is 5.11 Å². The smallest absolute Gasteiger partial charge is 0.149 e. The van der Waals surface area contributed by atoms with Crippen molar-refractivity contribution in [3.63, 3.8) is 0 Å². The standard InChI is InChI=1S/C10H17N3O/c1-7(6-8(2)14)13-10-9(11)4-3-5-12-10/h3-5,7-8,14H,6,11H2,1-2H3,(H,12,13). The lowest BCUT2D eigenvalue weighted by Crippen LogP contribution is -2.21. The van der Waals surface area contributed by atoms with Crippen LogP contribution in [0.25, 0.3) is 0 Å². The van der Waals surface area contributed by atoms with Crippen molar-refractivity contribution in [3.05, 3.63) is 18.3 Å². The monoisotopic (exact) mass is 195 g/mol. The Labute approximate surface area is 84.2 Å². The molecule has 0 aromatic carbocycles. The second-order valence-electron chi connectivity index (χ2n) is 3.57. The summed E-state index contributed by atoms with van der Waals surface area (Å²) >= 11 is 0. The van der Waals surface area contributed by atoms with Crippen molar-refractivity contribution in [2.24, 2.45) is 0 Å². The van der Waals surface area contributed by atoms with Gasteiger partial charge in [-0.2, -0.15) is 0 Å². The van der Waals surface area contributed by atoms with Crippen molar-refractivity contribution >= 4 is 11.5 Å². The summed E-state index contributed by atoms with van der Waals surface area (Å²) in [5.74, 6) is 0.681. The highest BCUT2D eigenvalue weighted by Crippen LogP contribution is 2.15. The van der Waals surface area contributed by atoms with E-state index in [2.05, 4.69) is 10.3 Å². The van der Waals surface area contributed by atoms with Gasteiger partial charge in [0.15, 0.2) is 0 Å². The summed E-state index contributed by atoms with van der Waals surface area (Å²) in [5, 5.41) is 12.3.